The highest BCUT2D eigenvalue weighted by molar-refractivity contribution is 5.79. The molecule has 0 aliphatic rings. The minimum absolute atomic E-state index is 0.608. The van der Waals surface area contributed by atoms with E-state index < -0.39 is 0 Å². The summed E-state index contributed by atoms with van der Waals surface area (Å²) in [6.07, 6.45) is 3.28. The van der Waals surface area contributed by atoms with Gasteiger partial charge in [-0.05, 0) is 12.5 Å². The minimum Gasteiger partial charge on any atom is -0.266 e. The number of aromatic nitrogens is 3. The monoisotopic (exact) mass is 172 g/mol. The Labute approximate surface area is 75.4 Å². The molecule has 0 aliphatic heterocycles. The number of fused-ring (bicyclic) bond motifs is 1. The summed E-state index contributed by atoms with van der Waals surface area (Å²) in [5.41, 5.74) is 3.31. The van der Waals surface area contributed by atoms with Gasteiger partial charge in [0.15, 0.2) is 0 Å². The Balaban J connectivity index is 2.93. The first-order valence-corrected chi connectivity index (χ1v) is 3.91. The van der Waals surface area contributed by atoms with Gasteiger partial charge in [0.2, 0.25) is 0 Å². The molecule has 0 N–H and O–H groups in total. The third-order valence-electron chi connectivity index (χ3n) is 2.13. The van der Waals surface area contributed by atoms with Gasteiger partial charge in [0.1, 0.15) is 11.6 Å². The Morgan fingerprint density at radius 3 is 2.92 bits per heavy atom. The molecule has 0 radical (unpaired) electrons. The van der Waals surface area contributed by atoms with Gasteiger partial charge in [-0.1, -0.05) is 0 Å². The maximum Gasteiger partial charge on any atom is 0.109 e. The smallest absolute Gasteiger partial charge is 0.109 e. The predicted molar refractivity (Wildman–Crippen MR) is 48.0 cm³/mol. The molecule has 0 amide bonds. The highest BCUT2D eigenvalue weighted by Gasteiger charge is 2.07. The molecule has 2 heterocycles. The van der Waals surface area contributed by atoms with Crippen molar-refractivity contribution < 1.29 is 0 Å². The Kier molecular flexibility index (Phi) is 1.52. The van der Waals surface area contributed by atoms with Crippen LogP contribution in [0.15, 0.2) is 12.4 Å². The van der Waals surface area contributed by atoms with E-state index in [1.165, 1.54) is 0 Å². The van der Waals surface area contributed by atoms with Crippen molar-refractivity contribution in [2.75, 3.05) is 0 Å². The summed E-state index contributed by atoms with van der Waals surface area (Å²) < 4.78 is 1.73. The summed E-state index contributed by atoms with van der Waals surface area (Å²) >= 11 is 0. The summed E-state index contributed by atoms with van der Waals surface area (Å²) in [5.74, 6) is 0. The maximum absolute atomic E-state index is 8.79. The fourth-order valence-electron chi connectivity index (χ4n) is 1.43. The molecule has 4 heteroatoms. The normalized spacial score (nSPS) is 10.2. The number of pyridine rings is 1. The van der Waals surface area contributed by atoms with Gasteiger partial charge < -0.3 is 0 Å². The fraction of sp³-hybridized carbons (Fsp3) is 0.222. The van der Waals surface area contributed by atoms with E-state index in [0.717, 1.165) is 16.6 Å². The molecule has 0 fully saturated rings. The third-order valence-corrected chi connectivity index (χ3v) is 2.13. The van der Waals surface area contributed by atoms with Crippen LogP contribution in [0.2, 0.25) is 0 Å². The van der Waals surface area contributed by atoms with Crippen LogP contribution >= 0.6 is 0 Å². The Morgan fingerprint density at radius 1 is 1.46 bits per heavy atom. The van der Waals surface area contributed by atoms with Crippen LogP contribution in [-0.4, -0.2) is 14.8 Å². The summed E-state index contributed by atoms with van der Waals surface area (Å²) in [6, 6.07) is 2.10. The lowest BCUT2D eigenvalue weighted by atomic mass is 10.1. The number of nitrogens with zero attached hydrogens (tertiary/aromatic N) is 4. The molecule has 0 atom stereocenters. The lowest BCUT2D eigenvalue weighted by molar-refractivity contribution is 0.794. The molecule has 2 aromatic heterocycles. The van der Waals surface area contributed by atoms with Crippen LogP contribution in [0.1, 0.15) is 11.1 Å². The van der Waals surface area contributed by atoms with Crippen LogP contribution < -0.4 is 0 Å². The quantitative estimate of drug-likeness (QED) is 0.599. The molecule has 0 saturated heterocycles. The van der Waals surface area contributed by atoms with E-state index >= 15 is 0 Å². The minimum atomic E-state index is 0.608. The van der Waals surface area contributed by atoms with Gasteiger partial charge in [-0.2, -0.15) is 10.4 Å². The van der Waals surface area contributed by atoms with Gasteiger partial charge in [-0.3, -0.25) is 9.67 Å². The van der Waals surface area contributed by atoms with E-state index in [1.807, 2.05) is 14.0 Å². The molecule has 0 spiro atoms. The van der Waals surface area contributed by atoms with E-state index in [-0.39, 0.29) is 0 Å². The van der Waals surface area contributed by atoms with E-state index in [4.69, 9.17) is 5.26 Å². The average Bonchev–Trinajstić information content (AvgIpc) is 2.49. The van der Waals surface area contributed by atoms with Crippen molar-refractivity contribution in [3.63, 3.8) is 0 Å². The van der Waals surface area contributed by atoms with Crippen LogP contribution in [0, 0.1) is 18.3 Å². The molecule has 0 saturated carbocycles. The highest BCUT2D eigenvalue weighted by Crippen LogP contribution is 2.17. The lowest BCUT2D eigenvalue weighted by Gasteiger charge is -1.99. The molecular formula is C9H8N4. The molecule has 0 unspecified atom stereocenters. The van der Waals surface area contributed by atoms with Gasteiger partial charge in [0, 0.05) is 13.2 Å². The SMILES string of the molecule is Cc1c(C#N)cnc2cnn(C)c12. The Hall–Kier alpha value is -1.89. The van der Waals surface area contributed by atoms with Gasteiger partial charge in [-0.25, -0.2) is 0 Å². The fourth-order valence-corrected chi connectivity index (χ4v) is 1.43. The molecule has 0 aliphatic carbocycles. The first kappa shape index (κ1) is 7.74. The second kappa shape index (κ2) is 2.56. The third kappa shape index (κ3) is 0.975. The van der Waals surface area contributed by atoms with Crippen LogP contribution in [0.25, 0.3) is 11.0 Å². The van der Waals surface area contributed by atoms with Crippen molar-refractivity contribution in [1.29, 1.82) is 5.26 Å². The molecule has 13 heavy (non-hydrogen) atoms. The molecule has 2 aromatic rings. The first-order valence-electron chi connectivity index (χ1n) is 3.91. The molecule has 64 valence electrons. The average molecular weight is 172 g/mol. The number of hydrogen-bond acceptors (Lipinski definition) is 3. The molecule has 0 aromatic carbocycles. The van der Waals surface area contributed by atoms with E-state index in [1.54, 1.807) is 17.1 Å². The Morgan fingerprint density at radius 2 is 2.23 bits per heavy atom. The molecule has 2 rings (SSSR count). The maximum atomic E-state index is 8.79. The van der Waals surface area contributed by atoms with Gasteiger partial charge in [-0.15, -0.1) is 0 Å². The molecule has 4 nitrogen and oxygen atoms in total. The summed E-state index contributed by atoms with van der Waals surface area (Å²) in [6.45, 7) is 1.91. The molecular weight excluding hydrogens is 164 g/mol. The number of aryl methyl sites for hydroxylation is 2. The summed E-state index contributed by atoms with van der Waals surface area (Å²) in [7, 11) is 1.85. The first-order chi connectivity index (χ1) is 6.24. The topological polar surface area (TPSA) is 54.5 Å². The van der Waals surface area contributed by atoms with Crippen molar-refractivity contribution >= 4 is 11.0 Å². The van der Waals surface area contributed by atoms with Gasteiger partial charge in [0.25, 0.3) is 0 Å². The highest BCUT2D eigenvalue weighted by atomic mass is 15.3. The Bertz CT molecular complexity index is 504. The van der Waals surface area contributed by atoms with E-state index in [2.05, 4.69) is 16.2 Å². The lowest BCUT2D eigenvalue weighted by Crippen LogP contribution is -1.94. The zero-order chi connectivity index (χ0) is 9.42. The van der Waals surface area contributed by atoms with Crippen LogP contribution in [0.5, 0.6) is 0 Å². The predicted octanol–water partition coefficient (Wildman–Crippen LogP) is 1.15. The van der Waals surface area contributed by atoms with Crippen LogP contribution in [0.4, 0.5) is 0 Å². The number of hydrogen-bond donors (Lipinski definition) is 0. The zero-order valence-corrected chi connectivity index (χ0v) is 7.44. The zero-order valence-electron chi connectivity index (χ0n) is 7.44. The van der Waals surface area contributed by atoms with E-state index in [9.17, 15) is 0 Å². The van der Waals surface area contributed by atoms with Crippen molar-refractivity contribution in [2.45, 2.75) is 6.92 Å². The summed E-state index contributed by atoms with van der Waals surface area (Å²) in [5, 5.41) is 12.9. The van der Waals surface area contributed by atoms with Crippen molar-refractivity contribution in [1.82, 2.24) is 14.8 Å². The second-order valence-electron chi connectivity index (χ2n) is 2.91. The van der Waals surface area contributed by atoms with Gasteiger partial charge in [0.05, 0.1) is 17.3 Å². The standard InChI is InChI=1S/C9H8N4/c1-6-7(3-10)4-11-8-5-12-13(2)9(6)8/h4-5H,1-2H3. The molecule has 0 bridgehead atoms. The second-order valence-corrected chi connectivity index (χ2v) is 2.91. The van der Waals surface area contributed by atoms with E-state index in [0.29, 0.717) is 5.56 Å². The number of rotatable bonds is 0. The van der Waals surface area contributed by atoms with Crippen molar-refractivity contribution in [3.8, 4) is 6.07 Å². The van der Waals surface area contributed by atoms with Crippen molar-refractivity contribution in [3.05, 3.63) is 23.5 Å². The van der Waals surface area contributed by atoms with Crippen molar-refractivity contribution in [2.24, 2.45) is 7.05 Å². The van der Waals surface area contributed by atoms with Crippen LogP contribution in [0.3, 0.4) is 0 Å². The van der Waals surface area contributed by atoms with Crippen LogP contribution in [-0.2, 0) is 7.05 Å². The van der Waals surface area contributed by atoms with Gasteiger partial charge >= 0.3 is 0 Å². The number of nitriles is 1. The largest absolute Gasteiger partial charge is 0.266 e. The summed E-state index contributed by atoms with van der Waals surface area (Å²) in [4.78, 5) is 4.13.